The van der Waals surface area contributed by atoms with Gasteiger partial charge in [0.1, 0.15) is 4.83 Å². The normalized spacial score (nSPS) is 11.8. The number of hydrogen-bond acceptors (Lipinski definition) is 4. The van der Waals surface area contributed by atoms with E-state index in [9.17, 15) is 13.6 Å². The number of rotatable bonds is 5. The van der Waals surface area contributed by atoms with Crippen LogP contribution in [0.3, 0.4) is 0 Å². The van der Waals surface area contributed by atoms with Crippen LogP contribution >= 0.6 is 11.3 Å². The van der Waals surface area contributed by atoms with Crippen molar-refractivity contribution in [1.29, 1.82) is 0 Å². The fraction of sp³-hybridized carbons (Fsp3) is 0.250. The van der Waals surface area contributed by atoms with E-state index in [2.05, 4.69) is 10.4 Å². The number of nitrogens with one attached hydrogen (secondary N) is 1. The van der Waals surface area contributed by atoms with Gasteiger partial charge in [-0.05, 0) is 25.1 Å². The second kappa shape index (κ2) is 6.29. The number of halogens is 2. The minimum Gasteiger partial charge on any atom is -0.345 e. The number of nitrogens with zero attached hydrogens (tertiary/aromatic N) is 2. The molecule has 0 saturated heterocycles. The Balaban J connectivity index is 1.91. The van der Waals surface area contributed by atoms with E-state index in [0.29, 0.717) is 4.88 Å². The Kier molecular flexibility index (Phi) is 4.33. The Labute approximate surface area is 141 Å². The minimum atomic E-state index is -3.11. The van der Waals surface area contributed by atoms with E-state index in [1.165, 1.54) is 11.3 Å². The first-order valence-corrected chi connectivity index (χ1v) is 8.13. The van der Waals surface area contributed by atoms with Crippen molar-refractivity contribution in [1.82, 2.24) is 15.1 Å². The average Bonchev–Trinajstić information content (AvgIpc) is 3.14. The molecule has 3 aromatic rings. The lowest BCUT2D eigenvalue weighted by molar-refractivity contribution is 0.0119. The molecule has 1 amide bonds. The van der Waals surface area contributed by atoms with Crippen molar-refractivity contribution in [3.05, 3.63) is 47.0 Å². The van der Waals surface area contributed by atoms with Gasteiger partial charge in [0, 0.05) is 5.39 Å². The first-order chi connectivity index (χ1) is 11.4. The summed E-state index contributed by atoms with van der Waals surface area (Å²) in [6, 6.07) is 11.2. The molecular formula is C16H16F2N4OS. The van der Waals surface area contributed by atoms with Gasteiger partial charge in [0.2, 0.25) is 0 Å². The van der Waals surface area contributed by atoms with Gasteiger partial charge in [-0.1, -0.05) is 18.2 Å². The van der Waals surface area contributed by atoms with E-state index in [1.54, 1.807) is 10.7 Å². The summed E-state index contributed by atoms with van der Waals surface area (Å²) < 4.78 is 28.1. The van der Waals surface area contributed by atoms with Crippen LogP contribution in [-0.2, 0) is 0 Å². The maximum Gasteiger partial charge on any atom is 0.277 e. The third kappa shape index (κ3) is 3.15. The zero-order valence-electron chi connectivity index (χ0n) is 12.9. The van der Waals surface area contributed by atoms with Crippen LogP contribution in [0.25, 0.3) is 15.9 Å². The summed E-state index contributed by atoms with van der Waals surface area (Å²) in [7, 11) is 0. The lowest BCUT2D eigenvalue weighted by Gasteiger charge is -2.13. The predicted molar refractivity (Wildman–Crippen MR) is 90.0 cm³/mol. The van der Waals surface area contributed by atoms with Gasteiger partial charge in [-0.15, -0.1) is 11.3 Å². The van der Waals surface area contributed by atoms with Crippen LogP contribution in [0.1, 0.15) is 15.4 Å². The fourth-order valence-corrected chi connectivity index (χ4v) is 3.37. The van der Waals surface area contributed by atoms with Gasteiger partial charge in [0.25, 0.3) is 11.8 Å². The molecule has 0 aliphatic rings. The molecule has 1 aromatic carbocycles. The largest absolute Gasteiger partial charge is 0.345 e. The average molecular weight is 350 g/mol. The monoisotopic (exact) mass is 350 g/mol. The molecule has 0 saturated carbocycles. The molecule has 0 fully saturated rings. The van der Waals surface area contributed by atoms with Crippen molar-refractivity contribution in [2.45, 2.75) is 12.8 Å². The minimum absolute atomic E-state index is 0.364. The zero-order valence-corrected chi connectivity index (χ0v) is 13.7. The Bertz CT molecular complexity index is 873. The van der Waals surface area contributed by atoms with Crippen LogP contribution in [-0.4, -0.2) is 34.7 Å². The van der Waals surface area contributed by atoms with Crippen molar-refractivity contribution in [3.8, 4) is 5.69 Å². The van der Waals surface area contributed by atoms with Crippen LogP contribution in [0.5, 0.6) is 0 Å². The summed E-state index contributed by atoms with van der Waals surface area (Å²) in [6.07, 6.45) is 0. The molecule has 0 spiro atoms. The van der Waals surface area contributed by atoms with Gasteiger partial charge in [-0.3, -0.25) is 4.79 Å². The summed E-state index contributed by atoms with van der Waals surface area (Å²) in [5, 5.41) is 7.54. The lowest BCUT2D eigenvalue weighted by Crippen LogP contribution is -2.41. The van der Waals surface area contributed by atoms with E-state index in [-0.39, 0.29) is 0 Å². The first-order valence-electron chi connectivity index (χ1n) is 7.32. The molecule has 3 rings (SSSR count). The number of alkyl halides is 2. The van der Waals surface area contributed by atoms with Crippen molar-refractivity contribution >= 4 is 27.5 Å². The number of aryl methyl sites for hydroxylation is 1. The van der Waals surface area contributed by atoms with Crippen LogP contribution in [0.15, 0.2) is 36.4 Å². The van der Waals surface area contributed by atoms with Crippen LogP contribution in [0.2, 0.25) is 0 Å². The highest BCUT2D eigenvalue weighted by atomic mass is 32.1. The van der Waals surface area contributed by atoms with Crippen molar-refractivity contribution in [2.24, 2.45) is 5.73 Å². The number of fused-ring (bicyclic) bond motifs is 1. The van der Waals surface area contributed by atoms with E-state index in [1.807, 2.05) is 37.3 Å². The van der Waals surface area contributed by atoms with E-state index in [4.69, 9.17) is 5.73 Å². The van der Waals surface area contributed by atoms with Gasteiger partial charge in [0.15, 0.2) is 0 Å². The number of thiophene rings is 1. The molecule has 0 atom stereocenters. The molecule has 2 heterocycles. The summed E-state index contributed by atoms with van der Waals surface area (Å²) in [6.45, 7) is 0.265. The van der Waals surface area contributed by atoms with Crippen LogP contribution < -0.4 is 11.1 Å². The van der Waals surface area contributed by atoms with Gasteiger partial charge in [-0.2, -0.15) is 5.10 Å². The molecule has 126 valence electrons. The third-order valence-corrected chi connectivity index (χ3v) is 4.68. The van der Waals surface area contributed by atoms with E-state index in [0.717, 1.165) is 21.6 Å². The molecule has 0 bridgehead atoms. The number of nitrogens with two attached hydrogens (primary N) is 1. The van der Waals surface area contributed by atoms with Crippen molar-refractivity contribution in [3.63, 3.8) is 0 Å². The van der Waals surface area contributed by atoms with E-state index >= 15 is 0 Å². The SMILES string of the molecule is Cc1nn(-c2ccccc2)c2sc(C(=O)NCC(F)(F)CN)cc12. The maximum atomic E-state index is 13.2. The smallest absolute Gasteiger partial charge is 0.277 e. The Morgan fingerprint density at radius 1 is 1.38 bits per heavy atom. The first kappa shape index (κ1) is 16.5. The van der Waals surface area contributed by atoms with Crippen molar-refractivity contribution < 1.29 is 13.6 Å². The molecule has 0 unspecified atom stereocenters. The molecule has 24 heavy (non-hydrogen) atoms. The van der Waals surface area contributed by atoms with Gasteiger partial charge in [0.05, 0.1) is 29.3 Å². The topological polar surface area (TPSA) is 72.9 Å². The van der Waals surface area contributed by atoms with Gasteiger partial charge < -0.3 is 11.1 Å². The van der Waals surface area contributed by atoms with E-state index < -0.39 is 24.9 Å². The Morgan fingerprint density at radius 3 is 2.75 bits per heavy atom. The predicted octanol–water partition coefficient (Wildman–Crippen LogP) is 2.72. The molecule has 5 nitrogen and oxygen atoms in total. The van der Waals surface area contributed by atoms with Crippen LogP contribution in [0.4, 0.5) is 8.78 Å². The summed E-state index contributed by atoms with van der Waals surface area (Å²) in [5.41, 5.74) is 6.62. The lowest BCUT2D eigenvalue weighted by atomic mass is 10.3. The molecule has 3 N–H and O–H groups in total. The number of benzene rings is 1. The number of carbonyl (C=O) groups excluding carboxylic acids is 1. The number of carbonyl (C=O) groups is 1. The maximum absolute atomic E-state index is 13.2. The number of para-hydroxylation sites is 1. The number of amides is 1. The Morgan fingerprint density at radius 2 is 2.08 bits per heavy atom. The number of aromatic nitrogens is 2. The third-order valence-electron chi connectivity index (χ3n) is 3.58. The highest BCUT2D eigenvalue weighted by Crippen LogP contribution is 2.30. The van der Waals surface area contributed by atoms with Gasteiger partial charge >= 0.3 is 0 Å². The quantitative estimate of drug-likeness (QED) is 0.743. The van der Waals surface area contributed by atoms with Crippen molar-refractivity contribution in [2.75, 3.05) is 13.1 Å². The summed E-state index contributed by atoms with van der Waals surface area (Å²) in [5.74, 6) is -3.65. The highest BCUT2D eigenvalue weighted by Gasteiger charge is 2.28. The second-order valence-corrected chi connectivity index (χ2v) is 6.44. The second-order valence-electron chi connectivity index (χ2n) is 5.40. The fourth-order valence-electron chi connectivity index (χ4n) is 2.27. The zero-order chi connectivity index (χ0) is 17.3. The van der Waals surface area contributed by atoms with Crippen LogP contribution in [0, 0.1) is 6.92 Å². The molecule has 8 heteroatoms. The molecule has 0 aliphatic heterocycles. The summed E-state index contributed by atoms with van der Waals surface area (Å²) in [4.78, 5) is 13.3. The molecular weight excluding hydrogens is 334 g/mol. The highest BCUT2D eigenvalue weighted by molar-refractivity contribution is 7.20. The molecule has 0 aliphatic carbocycles. The molecule has 0 radical (unpaired) electrons. The molecule has 2 aromatic heterocycles. The number of hydrogen-bond donors (Lipinski definition) is 2. The Hall–Kier alpha value is -2.32. The summed E-state index contributed by atoms with van der Waals surface area (Å²) >= 11 is 1.22. The van der Waals surface area contributed by atoms with Gasteiger partial charge in [-0.25, -0.2) is 13.5 Å². The standard InChI is InChI=1S/C16H16F2N4OS/c1-10-12-7-13(14(23)20-9-16(17,18)8-19)24-15(12)22(21-10)11-5-3-2-4-6-11/h2-7H,8-9,19H2,1H3,(H,20,23).